The normalized spacial score (nSPS) is 18.1. The SMILES string of the molecule is CC=C1CCC(C[C@H](C(=O)N(C)C#N)c2ccccc2C(N)=O)CC1. The third-order valence-corrected chi connectivity index (χ3v) is 5.11. The van der Waals surface area contributed by atoms with E-state index >= 15 is 0 Å². The Hall–Kier alpha value is -2.61. The van der Waals surface area contributed by atoms with Gasteiger partial charge in [0.15, 0.2) is 6.19 Å². The molecule has 0 heterocycles. The number of likely N-dealkylation sites (N-methyl/N-ethyl adjacent to an activating group) is 1. The van der Waals surface area contributed by atoms with E-state index in [9.17, 15) is 9.59 Å². The number of nitriles is 1. The number of allylic oxidation sites excluding steroid dienone is 2. The van der Waals surface area contributed by atoms with Gasteiger partial charge in [-0.25, -0.2) is 0 Å². The minimum absolute atomic E-state index is 0.284. The van der Waals surface area contributed by atoms with Crippen molar-refractivity contribution in [2.45, 2.75) is 44.9 Å². The Balaban J connectivity index is 2.30. The van der Waals surface area contributed by atoms with Gasteiger partial charge in [0, 0.05) is 12.6 Å². The molecule has 132 valence electrons. The van der Waals surface area contributed by atoms with Crippen molar-refractivity contribution >= 4 is 11.8 Å². The van der Waals surface area contributed by atoms with Crippen molar-refractivity contribution in [2.75, 3.05) is 7.05 Å². The Kier molecular flexibility index (Phi) is 6.35. The van der Waals surface area contributed by atoms with Gasteiger partial charge in [-0.15, -0.1) is 0 Å². The average molecular weight is 339 g/mol. The molecule has 2 amide bonds. The number of amides is 2. The first-order valence-electron chi connectivity index (χ1n) is 8.68. The summed E-state index contributed by atoms with van der Waals surface area (Å²) in [6.07, 6.45) is 8.83. The number of benzene rings is 1. The molecule has 5 nitrogen and oxygen atoms in total. The molecule has 1 atom stereocenters. The highest BCUT2D eigenvalue weighted by Gasteiger charge is 2.31. The lowest BCUT2D eigenvalue weighted by molar-refractivity contribution is -0.129. The molecular weight excluding hydrogens is 314 g/mol. The lowest BCUT2D eigenvalue weighted by Gasteiger charge is -2.29. The van der Waals surface area contributed by atoms with Crippen LogP contribution in [0, 0.1) is 17.4 Å². The van der Waals surface area contributed by atoms with Crippen LogP contribution in [0.25, 0.3) is 0 Å². The van der Waals surface area contributed by atoms with Crippen molar-refractivity contribution in [3.63, 3.8) is 0 Å². The van der Waals surface area contributed by atoms with Crippen molar-refractivity contribution in [3.05, 3.63) is 47.0 Å². The fraction of sp³-hybridized carbons (Fsp3) is 0.450. The van der Waals surface area contributed by atoms with Crippen LogP contribution in [0.2, 0.25) is 0 Å². The highest BCUT2D eigenvalue weighted by atomic mass is 16.2. The minimum atomic E-state index is -0.548. The summed E-state index contributed by atoms with van der Waals surface area (Å²) < 4.78 is 0. The molecule has 1 saturated carbocycles. The van der Waals surface area contributed by atoms with E-state index in [2.05, 4.69) is 13.0 Å². The van der Waals surface area contributed by atoms with Gasteiger partial charge in [-0.2, -0.15) is 5.26 Å². The van der Waals surface area contributed by atoms with Gasteiger partial charge in [-0.3, -0.25) is 14.5 Å². The lowest BCUT2D eigenvalue weighted by atomic mass is 9.77. The molecule has 1 fully saturated rings. The molecule has 0 aromatic heterocycles. The highest BCUT2D eigenvalue weighted by Crippen LogP contribution is 2.36. The zero-order chi connectivity index (χ0) is 18.4. The summed E-state index contributed by atoms with van der Waals surface area (Å²) in [5.41, 5.74) is 7.94. The van der Waals surface area contributed by atoms with E-state index in [1.807, 2.05) is 6.19 Å². The molecule has 5 heteroatoms. The summed E-state index contributed by atoms with van der Waals surface area (Å²) >= 11 is 0. The smallest absolute Gasteiger partial charge is 0.249 e. The summed E-state index contributed by atoms with van der Waals surface area (Å²) in [6.45, 7) is 2.06. The van der Waals surface area contributed by atoms with Crippen LogP contribution in [0.4, 0.5) is 0 Å². The Morgan fingerprint density at radius 2 is 2.00 bits per heavy atom. The number of carbonyl (C=O) groups excluding carboxylic acids is 2. The van der Waals surface area contributed by atoms with E-state index in [1.54, 1.807) is 24.3 Å². The molecule has 1 aliphatic rings. The van der Waals surface area contributed by atoms with E-state index in [0.717, 1.165) is 30.6 Å². The lowest BCUT2D eigenvalue weighted by Crippen LogP contribution is -2.31. The first-order valence-corrected chi connectivity index (χ1v) is 8.68. The number of primary amides is 1. The van der Waals surface area contributed by atoms with Crippen molar-refractivity contribution < 1.29 is 9.59 Å². The molecule has 0 spiro atoms. The summed E-state index contributed by atoms with van der Waals surface area (Å²) in [7, 11) is 1.46. The predicted molar refractivity (Wildman–Crippen MR) is 96.4 cm³/mol. The Morgan fingerprint density at radius 3 is 2.56 bits per heavy atom. The van der Waals surface area contributed by atoms with Gasteiger partial charge in [0.25, 0.3) is 0 Å². The van der Waals surface area contributed by atoms with Gasteiger partial charge in [0.1, 0.15) is 0 Å². The number of hydrogen-bond donors (Lipinski definition) is 1. The van der Waals surface area contributed by atoms with Gasteiger partial charge < -0.3 is 5.73 Å². The second-order valence-corrected chi connectivity index (χ2v) is 6.63. The van der Waals surface area contributed by atoms with Crippen molar-refractivity contribution in [1.82, 2.24) is 4.90 Å². The molecule has 2 N–H and O–H groups in total. The molecule has 0 aliphatic heterocycles. The van der Waals surface area contributed by atoms with Crippen LogP contribution >= 0.6 is 0 Å². The van der Waals surface area contributed by atoms with Crippen molar-refractivity contribution in [2.24, 2.45) is 11.7 Å². The first-order chi connectivity index (χ1) is 12.0. The molecule has 1 aromatic carbocycles. The summed E-state index contributed by atoms with van der Waals surface area (Å²) in [6, 6.07) is 6.95. The Bertz CT molecular complexity index is 708. The zero-order valence-electron chi connectivity index (χ0n) is 14.9. The highest BCUT2D eigenvalue weighted by molar-refractivity contribution is 5.97. The summed E-state index contributed by atoms with van der Waals surface area (Å²) in [5, 5.41) is 9.11. The van der Waals surface area contributed by atoms with E-state index < -0.39 is 11.8 Å². The molecule has 0 saturated heterocycles. The number of rotatable bonds is 5. The van der Waals surface area contributed by atoms with Crippen LogP contribution in [0.3, 0.4) is 0 Å². The topological polar surface area (TPSA) is 87.2 Å². The van der Waals surface area contributed by atoms with E-state index in [0.29, 0.717) is 23.5 Å². The van der Waals surface area contributed by atoms with Gasteiger partial charge in [-0.1, -0.05) is 29.8 Å². The fourth-order valence-electron chi connectivity index (χ4n) is 3.58. The van der Waals surface area contributed by atoms with E-state index in [1.165, 1.54) is 12.6 Å². The van der Waals surface area contributed by atoms with Crippen LogP contribution in [0.15, 0.2) is 35.9 Å². The standard InChI is InChI=1S/C20H25N3O2/c1-3-14-8-10-15(11-9-14)12-18(20(25)23(2)13-21)16-6-4-5-7-17(16)19(22)24/h3-7,15,18H,8-12H2,1-2H3,(H2,22,24)/t15?,18-/m0/s1. The van der Waals surface area contributed by atoms with Crippen LogP contribution < -0.4 is 5.73 Å². The summed E-state index contributed by atoms with van der Waals surface area (Å²) in [5.74, 6) is -0.961. The predicted octanol–water partition coefficient (Wildman–Crippen LogP) is 3.34. The molecule has 1 aliphatic carbocycles. The number of nitrogens with zero attached hydrogens (tertiary/aromatic N) is 2. The molecule has 0 radical (unpaired) electrons. The van der Waals surface area contributed by atoms with Gasteiger partial charge in [-0.05, 0) is 56.6 Å². The molecule has 0 unspecified atom stereocenters. The quantitative estimate of drug-likeness (QED) is 0.507. The van der Waals surface area contributed by atoms with Gasteiger partial charge >= 0.3 is 0 Å². The van der Waals surface area contributed by atoms with E-state index in [4.69, 9.17) is 11.0 Å². The van der Waals surface area contributed by atoms with Crippen LogP contribution in [0.5, 0.6) is 0 Å². The monoisotopic (exact) mass is 339 g/mol. The molecule has 25 heavy (non-hydrogen) atoms. The fourth-order valence-corrected chi connectivity index (χ4v) is 3.58. The van der Waals surface area contributed by atoms with Crippen LogP contribution in [-0.4, -0.2) is 23.8 Å². The minimum Gasteiger partial charge on any atom is -0.366 e. The largest absolute Gasteiger partial charge is 0.366 e. The summed E-state index contributed by atoms with van der Waals surface area (Å²) in [4.78, 5) is 25.6. The molecule has 1 aromatic rings. The maximum atomic E-state index is 12.8. The zero-order valence-corrected chi connectivity index (χ0v) is 14.9. The Morgan fingerprint density at radius 1 is 1.36 bits per heavy atom. The maximum absolute atomic E-state index is 12.8. The average Bonchev–Trinajstić information content (AvgIpc) is 2.65. The van der Waals surface area contributed by atoms with Gasteiger partial charge in [0.05, 0.1) is 5.92 Å². The van der Waals surface area contributed by atoms with Crippen molar-refractivity contribution in [3.8, 4) is 6.19 Å². The second-order valence-electron chi connectivity index (χ2n) is 6.63. The maximum Gasteiger partial charge on any atom is 0.249 e. The second kappa shape index (κ2) is 8.48. The third kappa shape index (κ3) is 4.48. The number of carbonyl (C=O) groups is 2. The molecule has 0 bridgehead atoms. The molecular formula is C20H25N3O2. The van der Waals surface area contributed by atoms with Crippen molar-refractivity contribution in [1.29, 1.82) is 5.26 Å². The first kappa shape index (κ1) is 18.7. The van der Waals surface area contributed by atoms with Crippen LogP contribution in [-0.2, 0) is 4.79 Å². The Labute approximate surface area is 149 Å². The number of hydrogen-bond acceptors (Lipinski definition) is 3. The van der Waals surface area contributed by atoms with Gasteiger partial charge in [0.2, 0.25) is 11.8 Å². The van der Waals surface area contributed by atoms with Crippen LogP contribution in [0.1, 0.15) is 60.9 Å². The molecule has 2 rings (SSSR count). The van der Waals surface area contributed by atoms with E-state index in [-0.39, 0.29) is 5.91 Å². The number of nitrogens with two attached hydrogens (primary N) is 1. The third-order valence-electron chi connectivity index (χ3n) is 5.11.